The highest BCUT2D eigenvalue weighted by atomic mass is 16.3. The molecule has 0 radical (unpaired) electrons. The topological polar surface area (TPSA) is 13.1 Å². The first-order valence-electron chi connectivity index (χ1n) is 19.7. The van der Waals surface area contributed by atoms with Crippen LogP contribution in [0.3, 0.4) is 0 Å². The molecule has 0 saturated carbocycles. The molecule has 0 unspecified atom stereocenters. The first kappa shape index (κ1) is 23.6. The zero-order valence-electron chi connectivity index (χ0n) is 32.3. The minimum absolute atomic E-state index is 0.137. The van der Waals surface area contributed by atoms with Crippen molar-refractivity contribution in [1.82, 2.24) is 0 Å². The predicted octanol–water partition coefficient (Wildman–Crippen LogP) is 14.4. The van der Waals surface area contributed by atoms with E-state index in [0.717, 1.165) is 70.9 Å². The standard InChI is InChI=1S/C50H30O/c1-2-13-31(14-3-1)34-29-45(49-44-28-26-33-16-5-7-18-36(33)50(44)51-46(49)30-34)48-42-21-10-8-19-40(42)47(41-20-9-11-22-43(41)48)39-24-12-23-37-35-17-6-4-15-32(35)25-27-38(37)39/h1-30H/i1D,2D,3D,13D,14D. The van der Waals surface area contributed by atoms with Crippen LogP contribution in [0.4, 0.5) is 0 Å². The maximum absolute atomic E-state index is 8.97. The Labute approximate surface area is 301 Å². The summed E-state index contributed by atoms with van der Waals surface area (Å²) in [6, 6.07) is 51.1. The molecule has 1 heterocycles. The first-order valence-corrected chi connectivity index (χ1v) is 17.2. The van der Waals surface area contributed by atoms with Gasteiger partial charge in [-0.15, -0.1) is 0 Å². The van der Waals surface area contributed by atoms with Gasteiger partial charge in [0.25, 0.3) is 0 Å². The van der Waals surface area contributed by atoms with Gasteiger partial charge in [-0.2, -0.15) is 0 Å². The first-order chi connectivity index (χ1) is 27.4. The fourth-order valence-corrected chi connectivity index (χ4v) is 8.34. The molecule has 10 aromatic carbocycles. The summed E-state index contributed by atoms with van der Waals surface area (Å²) in [5.74, 6) is 0. The number of fused-ring (bicyclic) bond motifs is 10. The molecule has 0 amide bonds. The summed E-state index contributed by atoms with van der Waals surface area (Å²) in [6.45, 7) is 0. The minimum Gasteiger partial charge on any atom is -0.455 e. The van der Waals surface area contributed by atoms with Crippen molar-refractivity contribution in [3.8, 4) is 33.4 Å². The van der Waals surface area contributed by atoms with Crippen LogP contribution in [0.1, 0.15) is 6.85 Å². The van der Waals surface area contributed by atoms with Crippen LogP contribution in [0.2, 0.25) is 0 Å². The Bertz CT molecular complexity index is 3400. The summed E-state index contributed by atoms with van der Waals surface area (Å²) in [6.07, 6.45) is 0. The van der Waals surface area contributed by atoms with Gasteiger partial charge in [0.1, 0.15) is 11.2 Å². The Hall–Kier alpha value is -6.70. The summed E-state index contributed by atoms with van der Waals surface area (Å²) in [4.78, 5) is 0. The van der Waals surface area contributed by atoms with Gasteiger partial charge in [-0.3, -0.25) is 0 Å². The molecule has 11 aromatic rings. The lowest BCUT2D eigenvalue weighted by Gasteiger charge is -2.20. The molecule has 0 aliphatic rings. The maximum Gasteiger partial charge on any atom is 0.143 e. The molecule has 0 spiro atoms. The Morgan fingerprint density at radius 3 is 1.61 bits per heavy atom. The highest BCUT2D eigenvalue weighted by molar-refractivity contribution is 6.29. The van der Waals surface area contributed by atoms with E-state index in [4.69, 9.17) is 11.3 Å². The summed E-state index contributed by atoms with van der Waals surface area (Å²) < 4.78 is 50.1. The second-order valence-electron chi connectivity index (χ2n) is 13.2. The highest BCUT2D eigenvalue weighted by Gasteiger charge is 2.23. The fraction of sp³-hybridized carbons (Fsp3) is 0. The summed E-state index contributed by atoms with van der Waals surface area (Å²) >= 11 is 0. The average molecular weight is 652 g/mol. The molecule has 236 valence electrons. The Kier molecular flexibility index (Phi) is 5.05. The van der Waals surface area contributed by atoms with Crippen LogP contribution in [-0.4, -0.2) is 0 Å². The van der Waals surface area contributed by atoms with Crippen LogP contribution in [0.25, 0.3) is 109 Å². The molecule has 0 bridgehead atoms. The van der Waals surface area contributed by atoms with Gasteiger partial charge in [0.05, 0.1) is 6.85 Å². The van der Waals surface area contributed by atoms with Gasteiger partial charge in [0, 0.05) is 16.2 Å². The van der Waals surface area contributed by atoms with Gasteiger partial charge < -0.3 is 4.42 Å². The van der Waals surface area contributed by atoms with Crippen LogP contribution in [0.15, 0.2) is 186 Å². The monoisotopic (exact) mass is 651 g/mol. The van der Waals surface area contributed by atoms with Gasteiger partial charge in [-0.1, -0.05) is 164 Å². The largest absolute Gasteiger partial charge is 0.455 e. The van der Waals surface area contributed by atoms with Crippen molar-refractivity contribution in [3.63, 3.8) is 0 Å². The lowest BCUT2D eigenvalue weighted by Crippen LogP contribution is -1.93. The van der Waals surface area contributed by atoms with Crippen molar-refractivity contribution < 1.29 is 11.3 Å². The van der Waals surface area contributed by atoms with E-state index in [2.05, 4.69) is 127 Å². The second-order valence-corrected chi connectivity index (χ2v) is 13.2. The Balaban J connectivity index is 1.32. The molecule has 0 saturated heterocycles. The normalized spacial score (nSPS) is 13.3. The van der Waals surface area contributed by atoms with E-state index >= 15 is 0 Å². The SMILES string of the molecule is [2H]c1c([2H])c([2H])c(-c2cc(-c3c4ccccc4c(-c4cccc5c4ccc4ccccc45)c4ccccc34)c3c(c2)oc2c4ccccc4ccc23)c([2H])c1[2H]. The smallest absolute Gasteiger partial charge is 0.143 e. The Morgan fingerprint density at radius 1 is 0.373 bits per heavy atom. The van der Waals surface area contributed by atoms with E-state index in [1.54, 1.807) is 0 Å². The van der Waals surface area contributed by atoms with Crippen LogP contribution >= 0.6 is 0 Å². The summed E-state index contributed by atoms with van der Waals surface area (Å²) in [7, 11) is 0. The third-order valence-electron chi connectivity index (χ3n) is 10.5. The van der Waals surface area contributed by atoms with Crippen molar-refractivity contribution in [2.24, 2.45) is 0 Å². The lowest BCUT2D eigenvalue weighted by atomic mass is 9.83. The quantitative estimate of drug-likeness (QED) is 0.137. The van der Waals surface area contributed by atoms with E-state index in [1.807, 2.05) is 24.3 Å². The molecule has 51 heavy (non-hydrogen) atoms. The van der Waals surface area contributed by atoms with Gasteiger partial charge in [0.15, 0.2) is 0 Å². The van der Waals surface area contributed by atoms with Gasteiger partial charge in [-0.25, -0.2) is 0 Å². The molecule has 0 fully saturated rings. The number of hydrogen-bond donors (Lipinski definition) is 0. The molecule has 0 aliphatic carbocycles. The van der Waals surface area contributed by atoms with Crippen molar-refractivity contribution in [1.29, 1.82) is 0 Å². The predicted molar refractivity (Wildman–Crippen MR) is 218 cm³/mol. The van der Waals surface area contributed by atoms with E-state index in [0.29, 0.717) is 11.1 Å². The zero-order chi connectivity index (χ0) is 37.8. The third-order valence-corrected chi connectivity index (χ3v) is 10.5. The highest BCUT2D eigenvalue weighted by Crippen LogP contribution is 2.49. The molecule has 0 aliphatic heterocycles. The molecule has 1 heteroatoms. The molecule has 11 rings (SSSR count). The molecular formula is C50H30O. The second kappa shape index (κ2) is 10.9. The summed E-state index contributed by atoms with van der Waals surface area (Å²) in [5, 5.41) is 12.9. The minimum atomic E-state index is -0.422. The van der Waals surface area contributed by atoms with Crippen molar-refractivity contribution >= 4 is 75.8 Å². The van der Waals surface area contributed by atoms with Crippen molar-refractivity contribution in [2.75, 3.05) is 0 Å². The third kappa shape index (κ3) is 4.16. The van der Waals surface area contributed by atoms with Crippen LogP contribution in [0.5, 0.6) is 0 Å². The van der Waals surface area contributed by atoms with Gasteiger partial charge in [0.2, 0.25) is 0 Å². The zero-order valence-corrected chi connectivity index (χ0v) is 27.3. The number of furan rings is 1. The summed E-state index contributed by atoms with van der Waals surface area (Å²) in [5.41, 5.74) is 6.08. The maximum atomic E-state index is 8.97. The fourth-order valence-electron chi connectivity index (χ4n) is 8.34. The van der Waals surface area contributed by atoms with Crippen LogP contribution in [-0.2, 0) is 0 Å². The van der Waals surface area contributed by atoms with E-state index < -0.39 is 6.04 Å². The van der Waals surface area contributed by atoms with Crippen molar-refractivity contribution in [2.45, 2.75) is 0 Å². The van der Waals surface area contributed by atoms with Gasteiger partial charge in [-0.05, 0) is 100 Å². The number of benzene rings is 10. The average Bonchev–Trinajstić information content (AvgIpc) is 3.63. The molecular weight excluding hydrogens is 617 g/mol. The molecule has 1 aromatic heterocycles. The van der Waals surface area contributed by atoms with Crippen LogP contribution < -0.4 is 0 Å². The van der Waals surface area contributed by atoms with Crippen LogP contribution in [0, 0.1) is 0 Å². The Morgan fingerprint density at radius 2 is 0.922 bits per heavy atom. The van der Waals surface area contributed by atoms with E-state index in [1.165, 1.54) is 21.5 Å². The van der Waals surface area contributed by atoms with E-state index in [-0.39, 0.29) is 29.7 Å². The number of rotatable bonds is 3. The molecule has 0 N–H and O–H groups in total. The lowest BCUT2D eigenvalue weighted by molar-refractivity contribution is 0.673. The molecule has 0 atom stereocenters. The van der Waals surface area contributed by atoms with Crippen molar-refractivity contribution in [3.05, 3.63) is 182 Å². The molecule has 1 nitrogen and oxygen atoms in total. The van der Waals surface area contributed by atoms with Gasteiger partial charge >= 0.3 is 0 Å². The number of hydrogen-bond acceptors (Lipinski definition) is 1. The van der Waals surface area contributed by atoms with E-state index in [9.17, 15) is 0 Å².